The van der Waals surface area contributed by atoms with E-state index in [9.17, 15) is 14.4 Å². The highest BCUT2D eigenvalue weighted by Crippen LogP contribution is 2.15. The third-order valence-corrected chi connectivity index (χ3v) is 12.6. The molecule has 0 saturated heterocycles. The maximum Gasteiger partial charge on any atom is 0.306 e. The Morgan fingerprint density at radius 2 is 0.557 bits per heavy atom. The van der Waals surface area contributed by atoms with E-state index in [0.29, 0.717) is 19.3 Å². The van der Waals surface area contributed by atoms with Crippen LogP contribution in [0.5, 0.6) is 0 Å². The lowest BCUT2D eigenvalue weighted by molar-refractivity contribution is -0.167. The van der Waals surface area contributed by atoms with Gasteiger partial charge in [0.15, 0.2) is 6.10 Å². The van der Waals surface area contributed by atoms with Crippen LogP contribution in [0.25, 0.3) is 0 Å². The molecule has 0 aliphatic rings. The molecule has 70 heavy (non-hydrogen) atoms. The molecule has 1 unspecified atom stereocenters. The monoisotopic (exact) mass is 975 g/mol. The summed E-state index contributed by atoms with van der Waals surface area (Å²) in [5.41, 5.74) is 0. The van der Waals surface area contributed by atoms with Crippen LogP contribution in [0.3, 0.4) is 0 Å². The van der Waals surface area contributed by atoms with Gasteiger partial charge in [0.2, 0.25) is 0 Å². The van der Waals surface area contributed by atoms with Gasteiger partial charge in [-0.15, -0.1) is 0 Å². The highest BCUT2D eigenvalue weighted by Gasteiger charge is 2.19. The van der Waals surface area contributed by atoms with Crippen molar-refractivity contribution in [3.8, 4) is 0 Å². The number of ether oxygens (including phenoxy) is 3. The fraction of sp³-hybridized carbons (Fsp3) is 0.734. The lowest BCUT2D eigenvalue weighted by Crippen LogP contribution is -2.30. The number of esters is 3. The summed E-state index contributed by atoms with van der Waals surface area (Å²) in [6.07, 6.45) is 76.1. The van der Waals surface area contributed by atoms with E-state index in [4.69, 9.17) is 14.2 Å². The molecule has 0 rings (SSSR count). The molecule has 0 N–H and O–H groups in total. The maximum absolute atomic E-state index is 12.8. The average molecular weight is 976 g/mol. The highest BCUT2D eigenvalue weighted by atomic mass is 16.6. The first-order valence-corrected chi connectivity index (χ1v) is 29.6. The maximum atomic E-state index is 12.8. The molecule has 6 heteroatoms. The lowest BCUT2D eigenvalue weighted by Gasteiger charge is -2.18. The van der Waals surface area contributed by atoms with Gasteiger partial charge in [-0.3, -0.25) is 14.4 Å². The second-order valence-electron chi connectivity index (χ2n) is 19.5. The summed E-state index contributed by atoms with van der Waals surface area (Å²) in [5.74, 6) is -0.915. The van der Waals surface area contributed by atoms with E-state index < -0.39 is 6.10 Å². The Morgan fingerprint density at radius 1 is 0.300 bits per heavy atom. The Kier molecular flexibility index (Phi) is 55.3. The summed E-state index contributed by atoms with van der Waals surface area (Å²) in [5, 5.41) is 0. The number of unbranched alkanes of at least 4 members (excludes halogenated alkanes) is 28. The van der Waals surface area contributed by atoms with Crippen LogP contribution in [-0.2, 0) is 28.6 Å². The summed E-state index contributed by atoms with van der Waals surface area (Å²) >= 11 is 0. The quantitative estimate of drug-likeness (QED) is 0.0261. The van der Waals surface area contributed by atoms with Crippen LogP contribution in [0.1, 0.15) is 284 Å². The van der Waals surface area contributed by atoms with Crippen LogP contribution < -0.4 is 0 Å². The molecule has 0 bridgehead atoms. The zero-order chi connectivity index (χ0) is 50.7. The zero-order valence-corrected chi connectivity index (χ0v) is 46.0. The van der Waals surface area contributed by atoms with Gasteiger partial charge in [0, 0.05) is 19.3 Å². The van der Waals surface area contributed by atoms with Gasteiger partial charge < -0.3 is 14.2 Å². The van der Waals surface area contributed by atoms with Crippen molar-refractivity contribution >= 4 is 17.9 Å². The predicted molar refractivity (Wildman–Crippen MR) is 302 cm³/mol. The third-order valence-electron chi connectivity index (χ3n) is 12.6. The van der Waals surface area contributed by atoms with Crippen molar-refractivity contribution in [1.29, 1.82) is 0 Å². The van der Waals surface area contributed by atoms with Crippen molar-refractivity contribution in [3.63, 3.8) is 0 Å². The van der Waals surface area contributed by atoms with Crippen LogP contribution in [0.15, 0.2) is 85.1 Å². The first kappa shape index (κ1) is 66.6. The van der Waals surface area contributed by atoms with Crippen molar-refractivity contribution in [1.82, 2.24) is 0 Å². The molecule has 0 radical (unpaired) electrons. The Hall–Kier alpha value is -3.41. The van der Waals surface area contributed by atoms with Crippen molar-refractivity contribution in [2.24, 2.45) is 0 Å². The highest BCUT2D eigenvalue weighted by molar-refractivity contribution is 5.71. The van der Waals surface area contributed by atoms with E-state index in [2.05, 4.69) is 106 Å². The smallest absolute Gasteiger partial charge is 0.306 e. The number of allylic oxidation sites excluding steroid dienone is 14. The van der Waals surface area contributed by atoms with E-state index in [1.165, 1.54) is 135 Å². The molecule has 0 aromatic rings. The predicted octanol–water partition coefficient (Wildman–Crippen LogP) is 19.9. The average Bonchev–Trinajstić information content (AvgIpc) is 3.36. The fourth-order valence-corrected chi connectivity index (χ4v) is 8.21. The normalized spacial score (nSPS) is 12.7. The molecular formula is C64H110O6. The van der Waals surface area contributed by atoms with Gasteiger partial charge in [0.05, 0.1) is 0 Å². The van der Waals surface area contributed by atoms with Crippen LogP contribution in [0, 0.1) is 0 Å². The van der Waals surface area contributed by atoms with E-state index >= 15 is 0 Å². The lowest BCUT2D eigenvalue weighted by atomic mass is 10.0. The summed E-state index contributed by atoms with van der Waals surface area (Å²) in [4.78, 5) is 37.9. The second kappa shape index (κ2) is 58.2. The van der Waals surface area contributed by atoms with E-state index in [-0.39, 0.29) is 31.1 Å². The molecule has 6 nitrogen and oxygen atoms in total. The van der Waals surface area contributed by atoms with Crippen LogP contribution >= 0.6 is 0 Å². The molecule has 0 amide bonds. The first-order chi connectivity index (χ1) is 34.5. The molecule has 1 atom stereocenters. The Morgan fingerprint density at radius 3 is 0.886 bits per heavy atom. The molecule has 0 fully saturated rings. The summed E-state index contributed by atoms with van der Waals surface area (Å²) < 4.78 is 16.8. The van der Waals surface area contributed by atoms with E-state index in [0.717, 1.165) is 109 Å². The Labute approximate surface area is 433 Å². The SMILES string of the molecule is CC/C=C\C/C=C\C/C=C\C/C=C\C/C=C\C/C=C\CCCCCCC(=O)OCC(COC(=O)CCCCCCCC)OC(=O)CCCCCCCCCCCCC/C=C\CCCCCCCCCC. The Bertz CT molecular complexity index is 1350. The minimum absolute atomic E-state index is 0.0846. The van der Waals surface area contributed by atoms with Crippen LogP contribution in [-0.4, -0.2) is 37.2 Å². The van der Waals surface area contributed by atoms with Crippen molar-refractivity contribution in [3.05, 3.63) is 85.1 Å². The Balaban J connectivity index is 4.19. The summed E-state index contributed by atoms with van der Waals surface area (Å²) in [6, 6.07) is 0. The molecule has 0 spiro atoms. The van der Waals surface area contributed by atoms with Gasteiger partial charge in [-0.05, 0) is 96.3 Å². The van der Waals surface area contributed by atoms with Crippen molar-refractivity contribution in [2.75, 3.05) is 13.2 Å². The molecule has 0 aliphatic heterocycles. The van der Waals surface area contributed by atoms with Crippen LogP contribution in [0.2, 0.25) is 0 Å². The number of hydrogen-bond acceptors (Lipinski definition) is 6. The summed E-state index contributed by atoms with van der Waals surface area (Å²) in [7, 11) is 0. The zero-order valence-electron chi connectivity index (χ0n) is 46.0. The molecule has 0 aromatic heterocycles. The van der Waals surface area contributed by atoms with Gasteiger partial charge in [-0.25, -0.2) is 0 Å². The summed E-state index contributed by atoms with van der Waals surface area (Å²) in [6.45, 7) is 6.46. The van der Waals surface area contributed by atoms with E-state index in [1.807, 2.05) is 0 Å². The van der Waals surface area contributed by atoms with Gasteiger partial charge in [0.1, 0.15) is 13.2 Å². The fourth-order valence-electron chi connectivity index (χ4n) is 8.21. The van der Waals surface area contributed by atoms with Gasteiger partial charge in [-0.2, -0.15) is 0 Å². The van der Waals surface area contributed by atoms with Gasteiger partial charge in [-0.1, -0.05) is 254 Å². The van der Waals surface area contributed by atoms with Crippen molar-refractivity contribution < 1.29 is 28.6 Å². The molecule has 0 aromatic carbocycles. The van der Waals surface area contributed by atoms with Gasteiger partial charge in [0.25, 0.3) is 0 Å². The van der Waals surface area contributed by atoms with Crippen molar-refractivity contribution in [2.45, 2.75) is 290 Å². The molecule has 0 saturated carbocycles. The largest absolute Gasteiger partial charge is 0.462 e. The standard InChI is InChI=1S/C64H110O6/c1-4-7-10-13-16-18-20-22-24-26-28-30-32-34-36-38-40-42-44-46-48-51-54-57-63(66)69-60-61(59-68-62(65)56-53-50-15-12-9-6-3)70-64(67)58-55-52-49-47-45-43-41-39-37-35-33-31-29-27-25-23-21-19-17-14-11-8-5-2/h7,10,16,18,22,24,27-30,34,36,40,42,61H,4-6,8-9,11-15,17,19-21,23,25-26,31-33,35,37-39,41,43-60H2,1-3H3/b10-7-,18-16-,24-22-,29-27-,30-28-,36-34-,42-40-. The van der Waals surface area contributed by atoms with E-state index in [1.54, 1.807) is 0 Å². The molecular weight excluding hydrogens is 865 g/mol. The minimum atomic E-state index is -0.785. The number of rotatable bonds is 53. The third kappa shape index (κ3) is 55.5. The van der Waals surface area contributed by atoms with Gasteiger partial charge >= 0.3 is 17.9 Å². The minimum Gasteiger partial charge on any atom is -0.462 e. The molecule has 402 valence electrons. The number of hydrogen-bond donors (Lipinski definition) is 0. The topological polar surface area (TPSA) is 78.9 Å². The van der Waals surface area contributed by atoms with Crippen LogP contribution in [0.4, 0.5) is 0 Å². The molecule has 0 aliphatic carbocycles. The molecule has 0 heterocycles. The number of carbonyl (C=O) groups excluding carboxylic acids is 3. The number of carbonyl (C=O) groups is 3. The second-order valence-corrected chi connectivity index (χ2v) is 19.5. The first-order valence-electron chi connectivity index (χ1n) is 29.6.